The molecule has 0 saturated carbocycles. The van der Waals surface area contributed by atoms with Crippen LogP contribution in [0.2, 0.25) is 0 Å². The second-order valence-corrected chi connectivity index (χ2v) is 4.94. The lowest BCUT2D eigenvalue weighted by molar-refractivity contribution is 1.05. The van der Waals surface area contributed by atoms with E-state index in [-0.39, 0.29) is 0 Å². The number of aromatic nitrogens is 2. The molecule has 1 heterocycles. The van der Waals surface area contributed by atoms with Crippen LogP contribution in [0.25, 0.3) is 0 Å². The van der Waals surface area contributed by atoms with E-state index in [1.54, 1.807) is 0 Å². The van der Waals surface area contributed by atoms with Crippen molar-refractivity contribution < 1.29 is 0 Å². The molecule has 0 spiro atoms. The van der Waals surface area contributed by atoms with Gasteiger partial charge in [0.2, 0.25) is 0 Å². The van der Waals surface area contributed by atoms with E-state index in [9.17, 15) is 0 Å². The Morgan fingerprint density at radius 2 is 1.78 bits per heavy atom. The van der Waals surface area contributed by atoms with Crippen LogP contribution in [0.5, 0.6) is 0 Å². The number of anilines is 3. The molecule has 0 aliphatic rings. The van der Waals surface area contributed by atoms with Crippen LogP contribution < -0.4 is 10.6 Å². The Labute approximate surface area is 115 Å². The summed E-state index contributed by atoms with van der Waals surface area (Å²) >= 11 is 3.47. The highest BCUT2D eigenvalue weighted by atomic mass is 79.9. The molecular formula is C13H15BrN4. The minimum absolute atomic E-state index is 0.733. The van der Waals surface area contributed by atoms with Crippen molar-refractivity contribution in [2.24, 2.45) is 0 Å². The van der Waals surface area contributed by atoms with Crippen LogP contribution in [0.4, 0.5) is 17.3 Å². The summed E-state index contributed by atoms with van der Waals surface area (Å²) in [7, 11) is 1.84. The first-order valence-corrected chi connectivity index (χ1v) is 6.44. The molecule has 0 radical (unpaired) electrons. The summed E-state index contributed by atoms with van der Waals surface area (Å²) < 4.78 is 1.04. The van der Waals surface area contributed by atoms with Gasteiger partial charge in [-0.3, -0.25) is 0 Å². The van der Waals surface area contributed by atoms with Gasteiger partial charge in [0.05, 0.1) is 0 Å². The monoisotopic (exact) mass is 306 g/mol. The van der Waals surface area contributed by atoms with Gasteiger partial charge >= 0.3 is 0 Å². The molecule has 1 aromatic carbocycles. The highest BCUT2D eigenvalue weighted by Crippen LogP contribution is 2.24. The van der Waals surface area contributed by atoms with Crippen LogP contribution >= 0.6 is 15.9 Å². The first-order chi connectivity index (χ1) is 8.58. The quantitative estimate of drug-likeness (QED) is 0.909. The Balaban J connectivity index is 2.33. The number of nitrogens with zero attached hydrogens (tertiary/aromatic N) is 2. The lowest BCUT2D eigenvalue weighted by Gasteiger charge is -2.11. The Kier molecular flexibility index (Phi) is 3.81. The van der Waals surface area contributed by atoms with Gasteiger partial charge in [0.1, 0.15) is 17.5 Å². The van der Waals surface area contributed by atoms with Gasteiger partial charge in [-0.05, 0) is 31.5 Å². The summed E-state index contributed by atoms with van der Waals surface area (Å²) in [6.45, 7) is 3.93. The van der Waals surface area contributed by atoms with Crippen molar-refractivity contribution in [2.75, 3.05) is 17.7 Å². The molecule has 2 N–H and O–H groups in total. The molecule has 0 aliphatic heterocycles. The number of benzene rings is 1. The molecule has 2 aromatic rings. The van der Waals surface area contributed by atoms with Crippen molar-refractivity contribution in [3.05, 3.63) is 40.1 Å². The Hall–Kier alpha value is -1.62. The lowest BCUT2D eigenvalue weighted by atomic mass is 10.2. The second kappa shape index (κ2) is 5.35. The van der Waals surface area contributed by atoms with E-state index in [1.165, 1.54) is 5.56 Å². The molecule has 5 heteroatoms. The van der Waals surface area contributed by atoms with E-state index >= 15 is 0 Å². The summed E-state index contributed by atoms with van der Waals surface area (Å²) in [6, 6.07) is 7.99. The van der Waals surface area contributed by atoms with Gasteiger partial charge in [0, 0.05) is 23.3 Å². The molecule has 2 rings (SSSR count). The summed E-state index contributed by atoms with van der Waals surface area (Å²) in [5, 5.41) is 6.33. The number of rotatable bonds is 3. The van der Waals surface area contributed by atoms with Crippen LogP contribution in [0.3, 0.4) is 0 Å². The average molecular weight is 307 g/mol. The molecule has 0 bridgehead atoms. The zero-order chi connectivity index (χ0) is 13.1. The zero-order valence-corrected chi connectivity index (χ0v) is 12.2. The standard InChI is InChI=1S/C13H15BrN4/c1-8-4-5-10(14)6-11(8)18-13-7-12(15-3)16-9(2)17-13/h4-7H,1-3H3,(H2,15,16,17,18). The number of halogens is 1. The second-order valence-electron chi connectivity index (χ2n) is 4.02. The minimum Gasteiger partial charge on any atom is -0.373 e. The largest absolute Gasteiger partial charge is 0.373 e. The molecule has 0 unspecified atom stereocenters. The number of aryl methyl sites for hydroxylation is 2. The van der Waals surface area contributed by atoms with Crippen molar-refractivity contribution in [3.8, 4) is 0 Å². The molecule has 94 valence electrons. The maximum Gasteiger partial charge on any atom is 0.136 e. The molecule has 1 aromatic heterocycles. The normalized spacial score (nSPS) is 10.2. The van der Waals surface area contributed by atoms with Crippen LogP contribution in [-0.2, 0) is 0 Å². The number of hydrogen-bond donors (Lipinski definition) is 2. The molecule has 0 fully saturated rings. The smallest absolute Gasteiger partial charge is 0.136 e. The van der Waals surface area contributed by atoms with Gasteiger partial charge in [0.15, 0.2) is 0 Å². The van der Waals surface area contributed by atoms with Crippen LogP contribution in [0, 0.1) is 13.8 Å². The maximum atomic E-state index is 4.37. The third kappa shape index (κ3) is 2.98. The predicted octanol–water partition coefficient (Wildman–Crippen LogP) is 3.64. The fourth-order valence-electron chi connectivity index (χ4n) is 1.63. The minimum atomic E-state index is 0.733. The van der Waals surface area contributed by atoms with E-state index in [0.717, 1.165) is 27.6 Å². The van der Waals surface area contributed by atoms with Gasteiger partial charge < -0.3 is 10.6 Å². The van der Waals surface area contributed by atoms with Crippen LogP contribution in [0.15, 0.2) is 28.7 Å². The maximum absolute atomic E-state index is 4.37. The van der Waals surface area contributed by atoms with Gasteiger partial charge in [-0.15, -0.1) is 0 Å². The average Bonchev–Trinajstić information content (AvgIpc) is 2.33. The zero-order valence-electron chi connectivity index (χ0n) is 10.6. The van der Waals surface area contributed by atoms with Gasteiger partial charge in [-0.1, -0.05) is 22.0 Å². The summed E-state index contributed by atoms with van der Waals surface area (Å²) in [6.07, 6.45) is 0. The molecule has 0 aliphatic carbocycles. The molecule has 4 nitrogen and oxygen atoms in total. The third-order valence-corrected chi connectivity index (χ3v) is 3.05. The predicted molar refractivity (Wildman–Crippen MR) is 78.5 cm³/mol. The van der Waals surface area contributed by atoms with E-state index in [4.69, 9.17) is 0 Å². The number of hydrogen-bond acceptors (Lipinski definition) is 4. The fourth-order valence-corrected chi connectivity index (χ4v) is 1.99. The van der Waals surface area contributed by atoms with E-state index in [2.05, 4.69) is 49.5 Å². The molecule has 0 amide bonds. The molecular weight excluding hydrogens is 292 g/mol. The summed E-state index contributed by atoms with van der Waals surface area (Å²) in [4.78, 5) is 8.63. The van der Waals surface area contributed by atoms with Gasteiger partial charge in [-0.25, -0.2) is 9.97 Å². The summed E-state index contributed by atoms with van der Waals surface area (Å²) in [5.74, 6) is 2.32. The SMILES string of the molecule is CNc1cc(Nc2cc(Br)ccc2C)nc(C)n1. The van der Waals surface area contributed by atoms with Crippen molar-refractivity contribution in [3.63, 3.8) is 0 Å². The Bertz CT molecular complexity index is 569. The van der Waals surface area contributed by atoms with Gasteiger partial charge in [-0.2, -0.15) is 0 Å². The Morgan fingerprint density at radius 3 is 2.50 bits per heavy atom. The highest BCUT2D eigenvalue weighted by Gasteiger charge is 2.04. The van der Waals surface area contributed by atoms with E-state index in [1.807, 2.05) is 32.2 Å². The first-order valence-electron chi connectivity index (χ1n) is 5.65. The lowest BCUT2D eigenvalue weighted by Crippen LogP contribution is -2.02. The van der Waals surface area contributed by atoms with Crippen LogP contribution in [-0.4, -0.2) is 17.0 Å². The summed E-state index contributed by atoms with van der Waals surface area (Å²) in [5.41, 5.74) is 2.20. The third-order valence-electron chi connectivity index (χ3n) is 2.56. The van der Waals surface area contributed by atoms with E-state index < -0.39 is 0 Å². The molecule has 0 atom stereocenters. The van der Waals surface area contributed by atoms with Crippen molar-refractivity contribution in [1.82, 2.24) is 9.97 Å². The first kappa shape index (κ1) is 12.8. The van der Waals surface area contributed by atoms with Crippen molar-refractivity contribution in [1.29, 1.82) is 0 Å². The topological polar surface area (TPSA) is 49.8 Å². The number of nitrogens with one attached hydrogen (secondary N) is 2. The van der Waals surface area contributed by atoms with Crippen LogP contribution in [0.1, 0.15) is 11.4 Å². The van der Waals surface area contributed by atoms with Crippen molar-refractivity contribution >= 4 is 33.3 Å². The van der Waals surface area contributed by atoms with E-state index in [0.29, 0.717) is 0 Å². The fraction of sp³-hybridized carbons (Fsp3) is 0.231. The molecule has 18 heavy (non-hydrogen) atoms. The Morgan fingerprint density at radius 1 is 1.06 bits per heavy atom. The molecule has 0 saturated heterocycles. The highest BCUT2D eigenvalue weighted by molar-refractivity contribution is 9.10. The van der Waals surface area contributed by atoms with Crippen molar-refractivity contribution in [2.45, 2.75) is 13.8 Å². The van der Waals surface area contributed by atoms with Gasteiger partial charge in [0.25, 0.3) is 0 Å².